The Morgan fingerprint density at radius 1 is 1.16 bits per heavy atom. The number of carbonyl (C=O) groups is 1. The van der Waals surface area contributed by atoms with Crippen LogP contribution in [0.2, 0.25) is 29.7 Å². The maximum Gasteiger partial charge on any atom is 0.258 e. The van der Waals surface area contributed by atoms with Crippen molar-refractivity contribution in [1.82, 2.24) is 19.9 Å². The van der Waals surface area contributed by atoms with Gasteiger partial charge in [-0.15, -0.1) is 5.10 Å². The number of benzene rings is 2. The Morgan fingerprint density at radius 2 is 1.84 bits per heavy atom. The molecule has 0 aliphatic carbocycles. The lowest BCUT2D eigenvalue weighted by atomic mass is 9.85. The minimum atomic E-state index is -1.64. The zero-order chi connectivity index (χ0) is 26.5. The van der Waals surface area contributed by atoms with Crippen LogP contribution >= 0.6 is 23.2 Å². The van der Waals surface area contributed by atoms with Crippen LogP contribution in [-0.4, -0.2) is 53.1 Å². The molecule has 2 aliphatic rings. The van der Waals surface area contributed by atoms with Crippen molar-refractivity contribution < 1.29 is 9.53 Å². The number of hydrogen-bond donors (Lipinski definition) is 0. The van der Waals surface area contributed by atoms with E-state index in [2.05, 4.69) is 36.0 Å². The minimum Gasteiger partial charge on any atom is -0.498 e. The van der Waals surface area contributed by atoms with Crippen LogP contribution in [-0.2, 0) is 16.0 Å². The normalized spacial score (nSPS) is 21.4. The Morgan fingerprint density at radius 3 is 2.41 bits per heavy atom. The molecule has 0 radical (unpaired) electrons. The molecular weight excluding hydrogens is 525 g/mol. The first-order valence-corrected chi connectivity index (χ1v) is 16.3. The number of ether oxygens (including phenoxy) is 1. The van der Waals surface area contributed by atoms with Crippen molar-refractivity contribution in [1.29, 1.82) is 5.26 Å². The third kappa shape index (κ3) is 4.46. The van der Waals surface area contributed by atoms with E-state index in [1.807, 2.05) is 27.9 Å². The summed E-state index contributed by atoms with van der Waals surface area (Å²) in [4.78, 5) is 15.9. The van der Waals surface area contributed by atoms with E-state index in [1.165, 1.54) is 0 Å². The molecule has 190 valence electrons. The monoisotopic (exact) mass is 551 g/mol. The van der Waals surface area contributed by atoms with Crippen molar-refractivity contribution in [2.24, 2.45) is 0 Å². The molecule has 2 aliphatic heterocycles. The lowest BCUT2D eigenvalue weighted by molar-refractivity contribution is -0.126. The second-order valence-corrected chi connectivity index (χ2v) is 16.6. The number of carbonyl (C=O) groups excluding carboxylic acids is 1. The molecule has 0 saturated carbocycles. The first-order valence-electron chi connectivity index (χ1n) is 12.0. The van der Waals surface area contributed by atoms with Crippen LogP contribution in [0.1, 0.15) is 29.2 Å². The number of aromatic nitrogens is 3. The summed E-state index contributed by atoms with van der Waals surface area (Å²) in [6.07, 6.45) is 3.17. The average Bonchev–Trinajstić information content (AvgIpc) is 3.52. The van der Waals surface area contributed by atoms with Crippen LogP contribution in [0.4, 0.5) is 0 Å². The summed E-state index contributed by atoms with van der Waals surface area (Å²) >= 11 is 12.6. The number of rotatable bonds is 6. The van der Waals surface area contributed by atoms with Gasteiger partial charge in [-0.1, -0.05) is 60.2 Å². The summed E-state index contributed by atoms with van der Waals surface area (Å²) in [6, 6.07) is 14.7. The van der Waals surface area contributed by atoms with Crippen LogP contribution in [0, 0.1) is 11.3 Å². The minimum absolute atomic E-state index is 0.0606. The fraction of sp³-hybridized carbons (Fsp3) is 0.333. The summed E-state index contributed by atoms with van der Waals surface area (Å²) in [6.45, 7) is 7.17. The molecule has 7 nitrogen and oxygen atoms in total. The predicted molar refractivity (Wildman–Crippen MR) is 146 cm³/mol. The molecule has 37 heavy (non-hydrogen) atoms. The van der Waals surface area contributed by atoms with Crippen molar-refractivity contribution in [3.63, 3.8) is 0 Å². The van der Waals surface area contributed by atoms with E-state index < -0.39 is 13.6 Å². The van der Waals surface area contributed by atoms with E-state index in [9.17, 15) is 10.1 Å². The summed E-state index contributed by atoms with van der Waals surface area (Å²) in [5.41, 5.74) is 1.95. The molecule has 1 aromatic heterocycles. The van der Waals surface area contributed by atoms with E-state index in [4.69, 9.17) is 27.9 Å². The van der Waals surface area contributed by atoms with Crippen LogP contribution in [0.3, 0.4) is 0 Å². The molecule has 1 fully saturated rings. The molecule has 5 rings (SSSR count). The van der Waals surface area contributed by atoms with Gasteiger partial charge in [-0.2, -0.15) is 5.26 Å². The zero-order valence-corrected chi connectivity index (χ0v) is 23.6. The van der Waals surface area contributed by atoms with E-state index in [0.29, 0.717) is 51.9 Å². The zero-order valence-electron chi connectivity index (χ0n) is 21.1. The van der Waals surface area contributed by atoms with E-state index in [-0.39, 0.29) is 11.9 Å². The molecule has 2 aromatic carbocycles. The summed E-state index contributed by atoms with van der Waals surface area (Å²) in [5, 5.41) is 20.1. The number of amides is 1. The molecule has 0 spiro atoms. The molecule has 1 amide bonds. The number of nitriles is 1. The van der Waals surface area contributed by atoms with E-state index in [1.54, 1.807) is 37.4 Å². The number of fused-ring (bicyclic) bond motifs is 1. The van der Waals surface area contributed by atoms with Gasteiger partial charge in [0.15, 0.2) is 0 Å². The SMILES string of the molecule is COC1=C(c2cc(Cl)cc(Cl)c2)C(=O)N2C[C@@H](n3cc([Si](C)(C)C)nn3)CC12Cc1ccc(C#N)cc1. The summed E-state index contributed by atoms with van der Waals surface area (Å²) < 4.78 is 7.95. The Labute approximate surface area is 227 Å². The quantitative estimate of drug-likeness (QED) is 0.409. The van der Waals surface area contributed by atoms with Gasteiger partial charge in [-0.05, 0) is 41.5 Å². The Hall–Kier alpha value is -3.12. The van der Waals surface area contributed by atoms with Crippen LogP contribution < -0.4 is 5.32 Å². The highest BCUT2D eigenvalue weighted by atomic mass is 35.5. The largest absolute Gasteiger partial charge is 0.498 e. The smallest absolute Gasteiger partial charge is 0.258 e. The van der Waals surface area contributed by atoms with Gasteiger partial charge in [0.05, 0.1) is 35.7 Å². The summed E-state index contributed by atoms with van der Waals surface area (Å²) in [7, 11) is -0.0386. The molecule has 0 N–H and O–H groups in total. The number of hydrogen-bond acceptors (Lipinski definition) is 5. The molecule has 0 bridgehead atoms. The van der Waals surface area contributed by atoms with Crippen molar-refractivity contribution >= 4 is 48.1 Å². The van der Waals surface area contributed by atoms with Crippen molar-refractivity contribution in [3.8, 4) is 6.07 Å². The maximum absolute atomic E-state index is 14.0. The first kappa shape index (κ1) is 25.5. The van der Waals surface area contributed by atoms with Gasteiger partial charge in [0, 0.05) is 35.6 Å². The lowest BCUT2D eigenvalue weighted by Gasteiger charge is -2.34. The van der Waals surface area contributed by atoms with Crippen molar-refractivity contribution in [2.75, 3.05) is 13.7 Å². The fourth-order valence-corrected chi connectivity index (χ4v) is 6.80. The van der Waals surface area contributed by atoms with E-state index >= 15 is 0 Å². The first-order chi connectivity index (χ1) is 17.6. The summed E-state index contributed by atoms with van der Waals surface area (Å²) in [5.74, 6) is 0.463. The Balaban J connectivity index is 1.63. The highest BCUT2D eigenvalue weighted by molar-refractivity contribution is 6.88. The molecule has 3 heterocycles. The van der Waals surface area contributed by atoms with Gasteiger partial charge >= 0.3 is 0 Å². The van der Waals surface area contributed by atoms with Crippen LogP contribution in [0.15, 0.2) is 54.4 Å². The van der Waals surface area contributed by atoms with Gasteiger partial charge in [-0.25, -0.2) is 4.68 Å². The third-order valence-electron chi connectivity index (χ3n) is 7.18. The molecule has 1 saturated heterocycles. The third-order valence-corrected chi connectivity index (χ3v) is 9.38. The highest BCUT2D eigenvalue weighted by Crippen LogP contribution is 2.51. The van der Waals surface area contributed by atoms with Crippen LogP contribution in [0.25, 0.3) is 5.57 Å². The number of methoxy groups -OCH3 is 1. The molecule has 2 atom stereocenters. The van der Waals surface area contributed by atoms with Crippen LogP contribution in [0.5, 0.6) is 0 Å². The second-order valence-electron chi connectivity index (χ2n) is 10.7. The van der Waals surface area contributed by atoms with Gasteiger partial charge in [0.2, 0.25) is 0 Å². The van der Waals surface area contributed by atoms with Gasteiger partial charge < -0.3 is 9.64 Å². The predicted octanol–water partition coefficient (Wildman–Crippen LogP) is 4.83. The molecule has 10 heteroatoms. The lowest BCUT2D eigenvalue weighted by Crippen LogP contribution is -2.45. The fourth-order valence-electron chi connectivity index (χ4n) is 5.41. The Bertz CT molecular complexity index is 1430. The van der Waals surface area contributed by atoms with Gasteiger partial charge in [-0.3, -0.25) is 4.79 Å². The highest BCUT2D eigenvalue weighted by Gasteiger charge is 2.59. The Kier molecular flexibility index (Phi) is 6.43. The van der Waals surface area contributed by atoms with Crippen molar-refractivity contribution in [3.05, 3.63) is 81.2 Å². The topological polar surface area (TPSA) is 84.0 Å². The molecule has 1 unspecified atom stereocenters. The average molecular weight is 553 g/mol. The second kappa shape index (κ2) is 9.32. The number of nitrogens with zero attached hydrogens (tertiary/aromatic N) is 5. The van der Waals surface area contributed by atoms with Gasteiger partial charge in [0.1, 0.15) is 19.4 Å². The van der Waals surface area contributed by atoms with Gasteiger partial charge in [0.25, 0.3) is 5.91 Å². The maximum atomic E-state index is 14.0. The van der Waals surface area contributed by atoms with E-state index in [0.717, 1.165) is 10.9 Å². The number of halogens is 2. The molecule has 3 aromatic rings. The molecular formula is C27H27Cl2N5O2Si. The standard InChI is InChI=1S/C27H27Cl2N5O2Si/c1-36-25-24(19-9-20(28)11-21(29)10-19)26(35)33-15-22(34-16-23(31-32-34)37(2,3)4)13-27(25,33)12-17-5-7-18(14-30)8-6-17/h5-11,16,22H,12-13,15H2,1-4H3/t22-,27?/m0/s1. The van der Waals surface area contributed by atoms with Crippen molar-refractivity contribution in [2.45, 2.75) is 44.1 Å².